The van der Waals surface area contributed by atoms with Gasteiger partial charge in [-0.2, -0.15) is 0 Å². The fraction of sp³-hybridized carbons (Fsp3) is 0.0769. The topological polar surface area (TPSA) is 50.2 Å². The van der Waals surface area contributed by atoms with E-state index in [1.54, 1.807) is 31.2 Å². The molecule has 0 radical (unpaired) electrons. The molecule has 0 saturated heterocycles. The van der Waals surface area contributed by atoms with Gasteiger partial charge in [-0.1, -0.05) is 35.0 Å². The SMILES string of the molecule is Cc1nc(Sc2cc(Cl)ccc2Cl)ccc1C(=O)O. The lowest BCUT2D eigenvalue weighted by Crippen LogP contribution is -2.01. The summed E-state index contributed by atoms with van der Waals surface area (Å²) in [5.74, 6) is -0.984. The lowest BCUT2D eigenvalue weighted by atomic mass is 10.2. The Morgan fingerprint density at radius 1 is 1.26 bits per heavy atom. The van der Waals surface area contributed by atoms with Gasteiger partial charge < -0.3 is 5.11 Å². The lowest BCUT2D eigenvalue weighted by Gasteiger charge is -2.06. The molecule has 0 bridgehead atoms. The molecular formula is C13H9Cl2NO2S. The number of rotatable bonds is 3. The molecule has 0 amide bonds. The maximum absolute atomic E-state index is 10.9. The van der Waals surface area contributed by atoms with Crippen LogP contribution in [0.2, 0.25) is 10.0 Å². The number of aryl methyl sites for hydroxylation is 1. The molecule has 1 heterocycles. The fourth-order valence-electron chi connectivity index (χ4n) is 1.49. The Morgan fingerprint density at radius 2 is 2.00 bits per heavy atom. The molecule has 98 valence electrons. The standard InChI is InChI=1S/C13H9Cl2NO2S/c1-7-9(13(17)18)3-5-12(16-7)19-11-6-8(14)2-4-10(11)15/h2-6H,1H3,(H,17,18). The van der Waals surface area contributed by atoms with E-state index in [1.807, 2.05) is 0 Å². The monoisotopic (exact) mass is 313 g/mol. The molecule has 3 nitrogen and oxygen atoms in total. The van der Waals surface area contributed by atoms with Crippen LogP contribution in [0.15, 0.2) is 40.3 Å². The van der Waals surface area contributed by atoms with Gasteiger partial charge in [-0.15, -0.1) is 0 Å². The molecule has 0 atom stereocenters. The van der Waals surface area contributed by atoms with Gasteiger partial charge in [-0.05, 0) is 37.3 Å². The molecule has 0 fully saturated rings. The molecule has 0 aliphatic heterocycles. The molecule has 0 unspecified atom stereocenters. The number of aromatic nitrogens is 1. The van der Waals surface area contributed by atoms with Gasteiger partial charge in [0.1, 0.15) is 5.03 Å². The van der Waals surface area contributed by atoms with Gasteiger partial charge >= 0.3 is 5.97 Å². The smallest absolute Gasteiger partial charge is 0.337 e. The van der Waals surface area contributed by atoms with Crippen molar-refractivity contribution in [3.8, 4) is 0 Å². The second-order valence-corrected chi connectivity index (χ2v) is 5.67. The molecular weight excluding hydrogens is 305 g/mol. The van der Waals surface area contributed by atoms with Crippen molar-refractivity contribution in [1.29, 1.82) is 0 Å². The number of nitrogens with zero attached hydrogens (tertiary/aromatic N) is 1. The number of carboxylic acid groups (broad SMARTS) is 1. The van der Waals surface area contributed by atoms with E-state index in [1.165, 1.54) is 17.8 Å². The Kier molecular flexibility index (Phi) is 4.34. The molecule has 2 aromatic rings. The highest BCUT2D eigenvalue weighted by Gasteiger charge is 2.10. The van der Waals surface area contributed by atoms with Crippen molar-refractivity contribution in [1.82, 2.24) is 4.98 Å². The van der Waals surface area contributed by atoms with Gasteiger partial charge in [0.2, 0.25) is 0 Å². The second-order valence-electron chi connectivity index (χ2n) is 3.76. The molecule has 0 aliphatic carbocycles. The van der Waals surface area contributed by atoms with Crippen LogP contribution in [0.5, 0.6) is 0 Å². The Hall–Kier alpha value is -1.23. The minimum absolute atomic E-state index is 0.196. The van der Waals surface area contributed by atoms with Crippen LogP contribution in [0.25, 0.3) is 0 Å². The van der Waals surface area contributed by atoms with Gasteiger partial charge in [0.05, 0.1) is 16.3 Å². The van der Waals surface area contributed by atoms with Crippen molar-refractivity contribution < 1.29 is 9.90 Å². The number of carbonyl (C=O) groups is 1. The van der Waals surface area contributed by atoms with E-state index >= 15 is 0 Å². The predicted molar refractivity (Wildman–Crippen MR) is 76.5 cm³/mol. The van der Waals surface area contributed by atoms with E-state index in [-0.39, 0.29) is 5.56 Å². The number of pyridine rings is 1. The van der Waals surface area contributed by atoms with E-state index in [9.17, 15) is 4.79 Å². The van der Waals surface area contributed by atoms with Crippen LogP contribution >= 0.6 is 35.0 Å². The van der Waals surface area contributed by atoms with Crippen LogP contribution in [0, 0.1) is 6.92 Å². The maximum Gasteiger partial charge on any atom is 0.337 e. The van der Waals surface area contributed by atoms with Crippen LogP contribution in [-0.4, -0.2) is 16.1 Å². The van der Waals surface area contributed by atoms with E-state index in [0.29, 0.717) is 20.8 Å². The maximum atomic E-state index is 10.9. The van der Waals surface area contributed by atoms with Crippen LogP contribution in [0.4, 0.5) is 0 Å². The number of carboxylic acids is 1. The first-order valence-electron chi connectivity index (χ1n) is 5.31. The van der Waals surface area contributed by atoms with E-state index in [2.05, 4.69) is 4.98 Å². The quantitative estimate of drug-likeness (QED) is 0.903. The highest BCUT2D eigenvalue weighted by molar-refractivity contribution is 7.99. The zero-order chi connectivity index (χ0) is 14.0. The van der Waals surface area contributed by atoms with Crippen LogP contribution in [-0.2, 0) is 0 Å². The van der Waals surface area contributed by atoms with Gasteiger partial charge in [-0.25, -0.2) is 9.78 Å². The Balaban J connectivity index is 2.31. The van der Waals surface area contributed by atoms with Crippen molar-refractivity contribution in [2.24, 2.45) is 0 Å². The summed E-state index contributed by atoms with van der Waals surface area (Å²) in [4.78, 5) is 15.9. The Labute approximate surface area is 124 Å². The third kappa shape index (κ3) is 3.41. The van der Waals surface area contributed by atoms with Gasteiger partial charge in [-0.3, -0.25) is 0 Å². The molecule has 1 aromatic heterocycles. The number of aromatic carboxylic acids is 1. The third-order valence-corrected chi connectivity index (χ3v) is 4.07. The number of benzene rings is 1. The van der Waals surface area contributed by atoms with Crippen LogP contribution < -0.4 is 0 Å². The zero-order valence-electron chi connectivity index (χ0n) is 9.85. The van der Waals surface area contributed by atoms with Gasteiger partial charge in [0.15, 0.2) is 0 Å². The van der Waals surface area contributed by atoms with Gasteiger partial charge in [0.25, 0.3) is 0 Å². The Bertz CT molecular complexity index is 647. The van der Waals surface area contributed by atoms with E-state index in [4.69, 9.17) is 28.3 Å². The number of halogens is 2. The highest BCUT2D eigenvalue weighted by Crippen LogP contribution is 2.34. The van der Waals surface area contributed by atoms with E-state index < -0.39 is 5.97 Å². The fourth-order valence-corrected chi connectivity index (χ4v) is 2.85. The van der Waals surface area contributed by atoms with Crippen molar-refractivity contribution in [2.75, 3.05) is 0 Å². The first-order valence-corrected chi connectivity index (χ1v) is 6.88. The molecule has 0 aliphatic rings. The van der Waals surface area contributed by atoms with Crippen molar-refractivity contribution in [2.45, 2.75) is 16.8 Å². The molecule has 6 heteroatoms. The Morgan fingerprint density at radius 3 is 2.63 bits per heavy atom. The summed E-state index contributed by atoms with van der Waals surface area (Å²) in [5.41, 5.74) is 0.664. The van der Waals surface area contributed by atoms with Crippen LogP contribution in [0.3, 0.4) is 0 Å². The second kappa shape index (κ2) is 5.82. The summed E-state index contributed by atoms with van der Waals surface area (Å²) >= 11 is 13.3. The average Bonchev–Trinajstić information content (AvgIpc) is 2.33. The summed E-state index contributed by atoms with van der Waals surface area (Å²) in [5, 5.41) is 10.8. The molecule has 1 N–H and O–H groups in total. The summed E-state index contributed by atoms with van der Waals surface area (Å²) in [7, 11) is 0. The average molecular weight is 314 g/mol. The summed E-state index contributed by atoms with van der Waals surface area (Å²) in [6.07, 6.45) is 0. The number of hydrogen-bond acceptors (Lipinski definition) is 3. The predicted octanol–water partition coefficient (Wildman–Crippen LogP) is 4.55. The molecule has 1 aromatic carbocycles. The lowest BCUT2D eigenvalue weighted by molar-refractivity contribution is 0.0695. The van der Waals surface area contributed by atoms with Gasteiger partial charge in [0, 0.05) is 9.92 Å². The molecule has 0 spiro atoms. The minimum Gasteiger partial charge on any atom is -0.478 e. The van der Waals surface area contributed by atoms with Crippen molar-refractivity contribution in [3.63, 3.8) is 0 Å². The summed E-state index contributed by atoms with van der Waals surface area (Å²) < 4.78 is 0. The van der Waals surface area contributed by atoms with E-state index in [0.717, 1.165) is 4.90 Å². The molecule has 19 heavy (non-hydrogen) atoms. The zero-order valence-corrected chi connectivity index (χ0v) is 12.2. The molecule has 2 rings (SSSR count). The minimum atomic E-state index is -0.984. The summed E-state index contributed by atoms with van der Waals surface area (Å²) in [6, 6.07) is 8.35. The molecule has 0 saturated carbocycles. The summed E-state index contributed by atoms with van der Waals surface area (Å²) in [6.45, 7) is 1.66. The van der Waals surface area contributed by atoms with Crippen molar-refractivity contribution >= 4 is 40.9 Å². The number of hydrogen-bond donors (Lipinski definition) is 1. The highest BCUT2D eigenvalue weighted by atomic mass is 35.5. The first kappa shape index (κ1) is 14.2. The normalized spacial score (nSPS) is 10.5. The largest absolute Gasteiger partial charge is 0.478 e. The van der Waals surface area contributed by atoms with Crippen molar-refractivity contribution in [3.05, 3.63) is 51.6 Å². The third-order valence-electron chi connectivity index (χ3n) is 2.40. The van der Waals surface area contributed by atoms with Crippen LogP contribution in [0.1, 0.15) is 16.1 Å². The first-order chi connectivity index (χ1) is 8.97.